The van der Waals surface area contributed by atoms with Gasteiger partial charge in [0.15, 0.2) is 0 Å². The zero-order valence-electron chi connectivity index (χ0n) is 15.3. The highest BCUT2D eigenvalue weighted by Crippen LogP contribution is 2.33. The second-order valence-electron chi connectivity index (χ2n) is 6.38. The van der Waals surface area contributed by atoms with Gasteiger partial charge in [-0.2, -0.15) is 0 Å². The molecule has 7 heteroatoms. The van der Waals surface area contributed by atoms with Crippen LogP contribution in [-0.2, 0) is 7.05 Å². The number of rotatable bonds is 4. The van der Waals surface area contributed by atoms with Gasteiger partial charge in [-0.05, 0) is 43.3 Å². The maximum absolute atomic E-state index is 9.90. The lowest BCUT2D eigenvalue weighted by Crippen LogP contribution is -2.01. The molecule has 138 valence electrons. The van der Waals surface area contributed by atoms with Crippen LogP contribution in [0.15, 0.2) is 48.8 Å². The number of phenolic OH excluding ortho intramolecular Hbond substituents is 1. The fourth-order valence-corrected chi connectivity index (χ4v) is 3.31. The molecule has 1 unspecified atom stereocenters. The van der Waals surface area contributed by atoms with Gasteiger partial charge >= 0.3 is 0 Å². The van der Waals surface area contributed by atoms with Gasteiger partial charge in [-0.15, -0.1) is 0 Å². The molecule has 2 heterocycles. The van der Waals surface area contributed by atoms with Crippen molar-refractivity contribution in [2.24, 2.45) is 7.05 Å². The van der Waals surface area contributed by atoms with Crippen molar-refractivity contribution >= 4 is 11.0 Å². The van der Waals surface area contributed by atoms with E-state index < -0.39 is 6.10 Å². The van der Waals surface area contributed by atoms with E-state index in [1.807, 2.05) is 40.6 Å². The Balaban J connectivity index is 1.87. The molecule has 0 aliphatic carbocycles. The van der Waals surface area contributed by atoms with E-state index in [9.17, 15) is 10.2 Å². The topological polar surface area (TPSA) is 85.3 Å². The number of phenols is 1. The summed E-state index contributed by atoms with van der Waals surface area (Å²) >= 11 is 0. The summed E-state index contributed by atoms with van der Waals surface area (Å²) < 4.78 is 9.22. The molecular formula is C20H20N4O3. The van der Waals surface area contributed by atoms with Crippen molar-refractivity contribution in [1.29, 1.82) is 0 Å². The number of aromatic hydroxyl groups is 1. The second kappa shape index (κ2) is 6.44. The number of methoxy groups -OCH3 is 1. The zero-order valence-corrected chi connectivity index (χ0v) is 15.3. The van der Waals surface area contributed by atoms with Crippen LogP contribution in [0.5, 0.6) is 11.5 Å². The Labute approximate surface area is 156 Å². The highest BCUT2D eigenvalue weighted by atomic mass is 16.5. The third-order valence-electron chi connectivity index (χ3n) is 4.62. The number of aryl methyl sites for hydroxylation is 1. The van der Waals surface area contributed by atoms with Gasteiger partial charge in [0.1, 0.15) is 29.3 Å². The summed E-state index contributed by atoms with van der Waals surface area (Å²) in [5.74, 6) is 2.02. The van der Waals surface area contributed by atoms with Crippen LogP contribution in [0, 0.1) is 0 Å². The van der Waals surface area contributed by atoms with Gasteiger partial charge in [-0.25, -0.2) is 9.97 Å². The Morgan fingerprint density at radius 1 is 1.15 bits per heavy atom. The van der Waals surface area contributed by atoms with Crippen LogP contribution in [0.3, 0.4) is 0 Å². The third-order valence-corrected chi connectivity index (χ3v) is 4.62. The lowest BCUT2D eigenvalue weighted by Gasteiger charge is -2.12. The molecule has 1 atom stereocenters. The molecule has 7 nitrogen and oxygen atoms in total. The van der Waals surface area contributed by atoms with E-state index >= 15 is 0 Å². The minimum Gasteiger partial charge on any atom is -0.508 e. The van der Waals surface area contributed by atoms with Gasteiger partial charge in [0.05, 0.1) is 23.7 Å². The highest BCUT2D eigenvalue weighted by molar-refractivity contribution is 5.79. The second-order valence-corrected chi connectivity index (χ2v) is 6.38. The van der Waals surface area contributed by atoms with Crippen LogP contribution in [0.2, 0.25) is 0 Å². The number of ether oxygens (including phenoxy) is 1. The number of benzene rings is 2. The Kier molecular flexibility index (Phi) is 4.08. The summed E-state index contributed by atoms with van der Waals surface area (Å²) in [4.78, 5) is 9.00. The Hall–Kier alpha value is -3.32. The van der Waals surface area contributed by atoms with E-state index in [-0.39, 0.29) is 5.75 Å². The van der Waals surface area contributed by atoms with Gasteiger partial charge in [-0.1, -0.05) is 0 Å². The largest absolute Gasteiger partial charge is 0.508 e. The summed E-state index contributed by atoms with van der Waals surface area (Å²) in [5, 5.41) is 19.8. The standard InChI is InChI=1S/C20H20N4O3/c1-12(25)19-22-16-10-13(4-6-17(16)23(19)2)24-9-8-21-20(24)15-11-14(26)5-7-18(15)27-3/h4-12,25-26H,1-3H3. The predicted octanol–water partition coefficient (Wildman–Crippen LogP) is 3.19. The number of hydrogen-bond donors (Lipinski definition) is 2. The number of aliphatic hydroxyl groups is 1. The molecule has 0 fully saturated rings. The average Bonchev–Trinajstić information content (AvgIpc) is 3.26. The number of imidazole rings is 2. The van der Waals surface area contributed by atoms with Gasteiger partial charge in [-0.3, -0.25) is 4.57 Å². The zero-order chi connectivity index (χ0) is 19.1. The summed E-state index contributed by atoms with van der Waals surface area (Å²) in [6, 6.07) is 10.8. The fourth-order valence-electron chi connectivity index (χ4n) is 3.31. The lowest BCUT2D eigenvalue weighted by molar-refractivity contribution is 0.186. The molecule has 2 aromatic carbocycles. The number of fused-ring (bicyclic) bond motifs is 1. The lowest BCUT2D eigenvalue weighted by atomic mass is 10.1. The van der Waals surface area contributed by atoms with E-state index in [1.165, 1.54) is 0 Å². The molecular weight excluding hydrogens is 344 g/mol. The van der Waals surface area contributed by atoms with Crippen LogP contribution < -0.4 is 4.74 Å². The molecule has 2 aromatic heterocycles. The molecule has 0 spiro atoms. The number of aromatic nitrogens is 4. The van der Waals surface area contributed by atoms with Crippen molar-refractivity contribution in [2.45, 2.75) is 13.0 Å². The maximum Gasteiger partial charge on any atom is 0.148 e. The molecule has 0 saturated heterocycles. The van der Waals surface area contributed by atoms with Gasteiger partial charge in [0.2, 0.25) is 0 Å². The van der Waals surface area contributed by atoms with Gasteiger partial charge in [0.25, 0.3) is 0 Å². The normalized spacial score (nSPS) is 12.4. The number of nitrogens with zero attached hydrogens (tertiary/aromatic N) is 4. The Morgan fingerprint density at radius 2 is 1.96 bits per heavy atom. The summed E-state index contributed by atoms with van der Waals surface area (Å²) in [7, 11) is 3.47. The molecule has 2 N–H and O–H groups in total. The van der Waals surface area contributed by atoms with E-state index in [2.05, 4.69) is 9.97 Å². The Morgan fingerprint density at radius 3 is 2.70 bits per heavy atom. The van der Waals surface area contributed by atoms with E-state index in [4.69, 9.17) is 4.74 Å². The molecule has 4 rings (SSSR count). The van der Waals surface area contributed by atoms with Gasteiger partial charge in [0, 0.05) is 25.1 Å². The van der Waals surface area contributed by atoms with Crippen molar-refractivity contribution in [3.8, 4) is 28.6 Å². The van der Waals surface area contributed by atoms with E-state index in [1.54, 1.807) is 38.4 Å². The summed E-state index contributed by atoms with van der Waals surface area (Å²) in [6.07, 6.45) is 2.90. The quantitative estimate of drug-likeness (QED) is 0.581. The minimum absolute atomic E-state index is 0.141. The summed E-state index contributed by atoms with van der Waals surface area (Å²) in [5.41, 5.74) is 3.28. The predicted molar refractivity (Wildman–Crippen MR) is 102 cm³/mol. The van der Waals surface area contributed by atoms with Crippen molar-refractivity contribution in [1.82, 2.24) is 19.1 Å². The number of hydrogen-bond acceptors (Lipinski definition) is 5. The average molecular weight is 364 g/mol. The van der Waals surface area contributed by atoms with E-state index in [0.717, 1.165) is 16.7 Å². The molecule has 0 radical (unpaired) electrons. The molecule has 27 heavy (non-hydrogen) atoms. The van der Waals surface area contributed by atoms with E-state index in [0.29, 0.717) is 23.0 Å². The van der Waals surface area contributed by atoms with Crippen LogP contribution in [-0.4, -0.2) is 36.4 Å². The first-order chi connectivity index (χ1) is 13.0. The minimum atomic E-state index is -0.647. The van der Waals surface area contributed by atoms with Crippen molar-refractivity contribution in [3.05, 3.63) is 54.6 Å². The smallest absolute Gasteiger partial charge is 0.148 e. The highest BCUT2D eigenvalue weighted by Gasteiger charge is 2.16. The van der Waals surface area contributed by atoms with Crippen LogP contribution >= 0.6 is 0 Å². The number of aliphatic hydroxyl groups excluding tert-OH is 1. The molecule has 0 amide bonds. The molecule has 4 aromatic rings. The van der Waals surface area contributed by atoms with Gasteiger partial charge < -0.3 is 19.5 Å². The fraction of sp³-hybridized carbons (Fsp3) is 0.200. The molecule has 0 saturated carbocycles. The molecule has 0 aliphatic heterocycles. The summed E-state index contributed by atoms with van der Waals surface area (Å²) in [6.45, 7) is 1.70. The van der Waals surface area contributed by atoms with Crippen molar-refractivity contribution in [2.75, 3.05) is 7.11 Å². The first-order valence-electron chi connectivity index (χ1n) is 8.55. The molecule has 0 aliphatic rings. The first-order valence-corrected chi connectivity index (χ1v) is 8.55. The molecule has 0 bridgehead atoms. The third kappa shape index (κ3) is 2.82. The first kappa shape index (κ1) is 17.1. The van der Waals surface area contributed by atoms with Crippen LogP contribution in [0.1, 0.15) is 18.9 Å². The van der Waals surface area contributed by atoms with Crippen molar-refractivity contribution in [3.63, 3.8) is 0 Å². The Bertz CT molecular complexity index is 1130. The maximum atomic E-state index is 9.90. The van der Waals surface area contributed by atoms with Crippen LogP contribution in [0.4, 0.5) is 0 Å². The van der Waals surface area contributed by atoms with Crippen molar-refractivity contribution < 1.29 is 14.9 Å². The monoisotopic (exact) mass is 364 g/mol. The van der Waals surface area contributed by atoms with Crippen LogP contribution in [0.25, 0.3) is 28.1 Å². The SMILES string of the molecule is COc1ccc(O)cc1-c1nccn1-c1ccc2c(c1)nc(C(C)O)n2C.